The molecule has 3 atom stereocenters. The lowest BCUT2D eigenvalue weighted by Crippen LogP contribution is -2.42. The van der Waals surface area contributed by atoms with Crippen LogP contribution in [0, 0.1) is 11.8 Å². The third-order valence-corrected chi connectivity index (χ3v) is 3.77. The summed E-state index contributed by atoms with van der Waals surface area (Å²) >= 11 is 0. The molecule has 0 amide bonds. The Morgan fingerprint density at radius 1 is 1.36 bits per heavy atom. The van der Waals surface area contributed by atoms with Crippen molar-refractivity contribution in [1.82, 2.24) is 4.90 Å². The third-order valence-electron chi connectivity index (χ3n) is 3.77. The number of fused-ring (bicyclic) bond motifs is 2. The van der Waals surface area contributed by atoms with E-state index < -0.39 is 0 Å². The van der Waals surface area contributed by atoms with Crippen molar-refractivity contribution in [2.45, 2.75) is 51.6 Å². The van der Waals surface area contributed by atoms with Gasteiger partial charge < -0.3 is 5.73 Å². The molecule has 2 rings (SSSR count). The topological polar surface area (TPSA) is 29.3 Å². The molecule has 14 heavy (non-hydrogen) atoms. The van der Waals surface area contributed by atoms with E-state index in [1.54, 1.807) is 0 Å². The van der Waals surface area contributed by atoms with Gasteiger partial charge in [-0.05, 0) is 37.5 Å². The summed E-state index contributed by atoms with van der Waals surface area (Å²) in [5.74, 6) is 1.75. The molecule has 2 heteroatoms. The summed E-state index contributed by atoms with van der Waals surface area (Å²) in [7, 11) is 0. The largest absolute Gasteiger partial charge is 0.327 e. The number of nitrogens with two attached hydrogens (primary N) is 1. The highest BCUT2D eigenvalue weighted by Gasteiger charge is 2.37. The zero-order chi connectivity index (χ0) is 10.1. The van der Waals surface area contributed by atoms with E-state index in [0.29, 0.717) is 6.04 Å². The fourth-order valence-corrected chi connectivity index (χ4v) is 3.23. The summed E-state index contributed by atoms with van der Waals surface area (Å²) in [5, 5.41) is 0. The van der Waals surface area contributed by atoms with Crippen LogP contribution in [0.5, 0.6) is 0 Å². The highest BCUT2D eigenvalue weighted by Crippen LogP contribution is 2.37. The lowest BCUT2D eigenvalue weighted by Gasteiger charge is -2.29. The normalized spacial score (nSPS) is 34.3. The predicted octanol–water partition coefficient (Wildman–Crippen LogP) is 1.84. The van der Waals surface area contributed by atoms with E-state index in [1.807, 2.05) is 0 Å². The monoisotopic (exact) mass is 196 g/mol. The fourth-order valence-electron chi connectivity index (χ4n) is 3.23. The number of nitrogens with zero attached hydrogens (tertiary/aromatic N) is 1. The van der Waals surface area contributed by atoms with Gasteiger partial charge in [-0.2, -0.15) is 0 Å². The third kappa shape index (κ3) is 2.29. The molecule has 2 nitrogen and oxygen atoms in total. The van der Waals surface area contributed by atoms with Gasteiger partial charge in [0.15, 0.2) is 0 Å². The first-order chi connectivity index (χ1) is 6.65. The molecule has 0 aromatic heterocycles. The molecule has 2 fully saturated rings. The molecule has 1 heterocycles. The second-order valence-corrected chi connectivity index (χ2v) is 5.68. The summed E-state index contributed by atoms with van der Waals surface area (Å²) in [4.78, 5) is 2.64. The molecule has 1 aliphatic carbocycles. The zero-order valence-electron chi connectivity index (χ0n) is 9.58. The minimum absolute atomic E-state index is 0.398. The van der Waals surface area contributed by atoms with Crippen molar-refractivity contribution in [2.75, 3.05) is 13.1 Å². The van der Waals surface area contributed by atoms with E-state index in [0.717, 1.165) is 24.4 Å². The Labute approximate surface area is 87.8 Å². The second-order valence-electron chi connectivity index (χ2n) is 5.68. The van der Waals surface area contributed by atoms with Gasteiger partial charge in [0.25, 0.3) is 0 Å². The molecule has 3 unspecified atom stereocenters. The molecular formula is C12H24N2. The predicted molar refractivity (Wildman–Crippen MR) is 60.1 cm³/mol. The Kier molecular flexibility index (Phi) is 3.13. The highest BCUT2D eigenvalue weighted by molar-refractivity contribution is 4.93. The summed E-state index contributed by atoms with van der Waals surface area (Å²) in [6, 6.07) is 1.28. The van der Waals surface area contributed by atoms with Gasteiger partial charge in [0.05, 0.1) is 0 Å². The van der Waals surface area contributed by atoms with Gasteiger partial charge in [-0.25, -0.2) is 0 Å². The van der Waals surface area contributed by atoms with E-state index in [-0.39, 0.29) is 0 Å². The molecule has 2 aliphatic rings. The first-order valence-corrected chi connectivity index (χ1v) is 6.14. The fraction of sp³-hybridized carbons (Fsp3) is 1.00. The lowest BCUT2D eigenvalue weighted by atomic mass is 10.0. The Morgan fingerprint density at radius 2 is 2.14 bits per heavy atom. The first kappa shape index (κ1) is 10.4. The van der Waals surface area contributed by atoms with Gasteiger partial charge in [-0.15, -0.1) is 0 Å². The van der Waals surface area contributed by atoms with Crippen molar-refractivity contribution in [3.8, 4) is 0 Å². The number of piperidine rings is 1. The second kappa shape index (κ2) is 4.19. The van der Waals surface area contributed by atoms with Gasteiger partial charge in [0.1, 0.15) is 0 Å². The Bertz CT molecular complexity index is 191. The Morgan fingerprint density at radius 3 is 2.64 bits per heavy atom. The van der Waals surface area contributed by atoms with Crippen LogP contribution in [-0.2, 0) is 0 Å². The van der Waals surface area contributed by atoms with Crippen LogP contribution in [0.15, 0.2) is 0 Å². The van der Waals surface area contributed by atoms with Crippen LogP contribution in [0.4, 0.5) is 0 Å². The van der Waals surface area contributed by atoms with Crippen molar-refractivity contribution in [3.63, 3.8) is 0 Å². The van der Waals surface area contributed by atoms with Crippen LogP contribution in [0.25, 0.3) is 0 Å². The van der Waals surface area contributed by atoms with Crippen LogP contribution >= 0.6 is 0 Å². The summed E-state index contributed by atoms with van der Waals surface area (Å²) in [6.07, 6.45) is 5.53. The molecule has 2 bridgehead atoms. The van der Waals surface area contributed by atoms with Crippen molar-refractivity contribution in [1.29, 1.82) is 0 Å². The average Bonchev–Trinajstić information content (AvgIpc) is 2.62. The molecule has 2 N–H and O–H groups in total. The molecule has 1 aliphatic heterocycles. The lowest BCUT2D eigenvalue weighted by molar-refractivity contribution is 0.195. The van der Waals surface area contributed by atoms with Crippen LogP contribution in [0.1, 0.15) is 39.5 Å². The number of hydrogen-bond acceptors (Lipinski definition) is 2. The zero-order valence-corrected chi connectivity index (χ0v) is 9.58. The van der Waals surface area contributed by atoms with Gasteiger partial charge in [0, 0.05) is 25.2 Å². The highest BCUT2D eigenvalue weighted by atomic mass is 15.2. The van der Waals surface area contributed by atoms with Crippen molar-refractivity contribution >= 4 is 0 Å². The molecule has 82 valence electrons. The molecule has 0 aromatic carbocycles. The van der Waals surface area contributed by atoms with Crippen LogP contribution in [0.3, 0.4) is 0 Å². The summed E-state index contributed by atoms with van der Waals surface area (Å²) < 4.78 is 0. The van der Waals surface area contributed by atoms with Gasteiger partial charge in [-0.3, -0.25) is 4.90 Å². The average molecular weight is 196 g/mol. The minimum atomic E-state index is 0.398. The Balaban J connectivity index is 1.75. The maximum atomic E-state index is 6.14. The summed E-state index contributed by atoms with van der Waals surface area (Å²) in [5.41, 5.74) is 6.14. The van der Waals surface area contributed by atoms with E-state index in [9.17, 15) is 0 Å². The number of likely N-dealkylation sites (tertiary alicyclic amines) is 1. The molecule has 0 radical (unpaired) electrons. The van der Waals surface area contributed by atoms with E-state index in [4.69, 9.17) is 5.73 Å². The van der Waals surface area contributed by atoms with Crippen molar-refractivity contribution < 1.29 is 0 Å². The van der Waals surface area contributed by atoms with Gasteiger partial charge in [0.2, 0.25) is 0 Å². The van der Waals surface area contributed by atoms with Crippen LogP contribution < -0.4 is 5.73 Å². The number of rotatable bonds is 4. The molecule has 1 saturated heterocycles. The molecular weight excluding hydrogens is 172 g/mol. The van der Waals surface area contributed by atoms with Crippen LogP contribution in [0.2, 0.25) is 0 Å². The number of hydrogen-bond donors (Lipinski definition) is 1. The maximum absolute atomic E-state index is 6.14. The van der Waals surface area contributed by atoms with Crippen molar-refractivity contribution in [2.24, 2.45) is 17.6 Å². The summed E-state index contributed by atoms with van der Waals surface area (Å²) in [6.45, 7) is 6.99. The smallest absolute Gasteiger partial charge is 0.0170 e. The van der Waals surface area contributed by atoms with E-state index in [1.165, 1.54) is 32.2 Å². The molecule has 1 saturated carbocycles. The molecule has 0 aromatic rings. The minimum Gasteiger partial charge on any atom is -0.327 e. The van der Waals surface area contributed by atoms with E-state index in [2.05, 4.69) is 18.7 Å². The van der Waals surface area contributed by atoms with Crippen LogP contribution in [-0.4, -0.2) is 30.1 Å². The maximum Gasteiger partial charge on any atom is 0.0170 e. The standard InChI is InChI=1S/C12H24N2/c1-9(2)5-11(13)8-14-7-10-3-4-12(14)6-10/h9-12H,3-8,13H2,1-2H3. The Hall–Kier alpha value is -0.0800. The van der Waals surface area contributed by atoms with Gasteiger partial charge >= 0.3 is 0 Å². The SMILES string of the molecule is CC(C)CC(N)CN1CC2CCC1C2. The van der Waals surface area contributed by atoms with E-state index >= 15 is 0 Å². The quantitative estimate of drug-likeness (QED) is 0.743. The van der Waals surface area contributed by atoms with Crippen molar-refractivity contribution in [3.05, 3.63) is 0 Å². The molecule has 0 spiro atoms. The van der Waals surface area contributed by atoms with Gasteiger partial charge in [-0.1, -0.05) is 13.8 Å². The first-order valence-electron chi connectivity index (χ1n) is 6.14.